The molecule has 4 aromatic carbocycles. The van der Waals surface area contributed by atoms with Crippen LogP contribution in [0.2, 0.25) is 0 Å². The number of aliphatic hydroxyl groups excluding tert-OH is 1. The van der Waals surface area contributed by atoms with Gasteiger partial charge in [0.15, 0.2) is 0 Å². The van der Waals surface area contributed by atoms with E-state index in [-0.39, 0.29) is 73.3 Å². The highest BCUT2D eigenvalue weighted by Gasteiger charge is 2.17. The summed E-state index contributed by atoms with van der Waals surface area (Å²) in [7, 11) is 3.48. The van der Waals surface area contributed by atoms with Gasteiger partial charge in [-0.25, -0.2) is 31.8 Å². The van der Waals surface area contributed by atoms with Crippen molar-refractivity contribution in [2.45, 2.75) is 42.0 Å². The first-order valence-corrected chi connectivity index (χ1v) is 32.5. The number of carboxylic acid groups (broad SMARTS) is 2. The molecule has 6 N–H and O–H groups in total. The predicted octanol–water partition coefficient (Wildman–Crippen LogP) is 4.06. The Hall–Kier alpha value is -4.60. The summed E-state index contributed by atoms with van der Waals surface area (Å²) in [5.74, 6) is -3.38. The molecule has 0 spiro atoms. The smallest absolute Gasteiger partial charge is 0.331 e. The van der Waals surface area contributed by atoms with E-state index in [9.17, 15) is 44.4 Å². The van der Waals surface area contributed by atoms with Crippen LogP contribution in [0, 0.1) is 20.8 Å². The lowest BCUT2D eigenvalue weighted by atomic mass is 10.2. The Morgan fingerprint density at radius 3 is 1.24 bits per heavy atom. The SMILES string of the molecule is CO.COC(=O)COCC(=O)OC.Cc1ccc(S(=O)(=O)Cl)cc1.Cl.O=C(O)COCC(=O)O.O=S(Cl)Cl.[2H]C([2H])(COCC([2H])([2H])OS(=O)(=O)c1ccc(C)cc1)OS(=O)(=O)c1ccc(C)cc1.[2H]C([2H])(O)COCC([2H])([2H])O.[2H]C1([2H])COCC([2H])([2H])N1.[2H]C1([2H])COCC([2H])([2H])N1Cc1ccccc1. The Morgan fingerprint density at radius 1 is 0.582 bits per heavy atom. The molecule has 0 saturated carbocycles. The molecular weight excluding hydrogens is 1370 g/mol. The van der Waals surface area contributed by atoms with Crippen molar-refractivity contribution in [1.82, 2.24) is 10.2 Å². The molecule has 0 bridgehead atoms. The molecule has 0 aromatic heterocycles. The summed E-state index contributed by atoms with van der Waals surface area (Å²) >= 11 is 0. The second-order valence-corrected chi connectivity index (χ2v) is 23.7. The number of ether oxygens (including phenoxy) is 8. The maximum atomic E-state index is 12.2. The highest BCUT2D eigenvalue weighted by Crippen LogP contribution is 2.16. The maximum absolute atomic E-state index is 12.2. The topological polar surface area (TPSA) is 396 Å². The lowest BCUT2D eigenvalue weighted by molar-refractivity contribution is -0.152. The number of carboxylic acids is 2. The van der Waals surface area contributed by atoms with Crippen LogP contribution < -0.4 is 5.32 Å². The standard InChI is InChI=1S/C18H22O7S2.C11H15NO.C7H7ClO2S.C6H10O5.C4H9NO.C4H6O5.C4H10O3.CH4O.Cl2OS.ClH/c1-15-3-7-17(8-4-15)26(19,20)24-13-11-23-12-14-25-27(21,22)18-9-5-16(2)6-10-18;1-2-4-11(5-3-1)10-12-6-8-13-9-7-12;1-6-2-4-7(5-3-6)11(8,9)10;1-9-5(7)3-11-4-6(8)10-2;1-3-6-4-2-5-1;5-3(6)1-9-2-4(7)8;5-1-3-7-4-2-6;1-2;1-4(2)3;/h3-10H,11-14H2,1-2H3;1-5H,6-10H2;2-5H,1H3;3-4H2,1-2H3;5H,1-4H2;1-2H2,(H,5,6)(H,7,8);5-6H,1-4H2;2H,1H3;;1H/i13D2,14D2;6D2,7D2;;;1D2,2D2;;1D2,2D2;;;. The number of halogens is 4. The van der Waals surface area contributed by atoms with Crippen LogP contribution in [-0.4, -0.2) is 237 Å². The molecule has 0 unspecified atom stereocenters. The molecule has 4 aromatic rings. The van der Waals surface area contributed by atoms with E-state index in [1.807, 2.05) is 37.3 Å². The quantitative estimate of drug-likeness (QED) is 0.0309. The van der Waals surface area contributed by atoms with Crippen molar-refractivity contribution in [2.75, 3.05) is 153 Å². The first-order chi connectivity index (χ1) is 48.2. The van der Waals surface area contributed by atoms with Crippen molar-refractivity contribution in [3.8, 4) is 0 Å². The van der Waals surface area contributed by atoms with E-state index < -0.39 is 154 Å². The number of aliphatic carboxylic acids is 2. The molecule has 6 rings (SSSR count). The Balaban J connectivity index is -0.000000601. The first kappa shape index (κ1) is 65.1. The van der Waals surface area contributed by atoms with Crippen molar-refractivity contribution in [3.63, 3.8) is 0 Å². The Labute approximate surface area is 577 Å². The molecule has 2 heterocycles. The lowest BCUT2D eigenvalue weighted by Gasteiger charge is -2.26. The normalized spacial score (nSPS) is 17.9. The van der Waals surface area contributed by atoms with Crippen molar-refractivity contribution in [2.24, 2.45) is 0 Å². The molecular formula is C55H84Cl4N2O26S4. The highest BCUT2D eigenvalue weighted by molar-refractivity contribution is 8.26. The molecule has 0 aliphatic carbocycles. The fourth-order valence-corrected chi connectivity index (χ4v) is 7.08. The van der Waals surface area contributed by atoms with Crippen LogP contribution >= 0.6 is 44.5 Å². The van der Waals surface area contributed by atoms with Crippen LogP contribution in [0.5, 0.6) is 0 Å². The van der Waals surface area contributed by atoms with Crippen LogP contribution in [0.25, 0.3) is 0 Å². The molecule has 2 aliphatic heterocycles. The number of hydrogen-bond acceptors (Lipinski definition) is 26. The number of hydrogen-bond donors (Lipinski definition) is 6. The van der Waals surface area contributed by atoms with Gasteiger partial charge in [0.1, 0.15) is 26.4 Å². The number of aliphatic hydroxyl groups is 3. The van der Waals surface area contributed by atoms with Gasteiger partial charge in [-0.1, -0.05) is 83.4 Å². The molecule has 2 saturated heterocycles. The number of benzene rings is 4. The third-order valence-corrected chi connectivity index (χ3v) is 12.4. The summed E-state index contributed by atoms with van der Waals surface area (Å²) in [4.78, 5) is 40.9. The van der Waals surface area contributed by atoms with Crippen LogP contribution in [-0.2, 0) is 110 Å². The zero-order chi connectivity index (χ0) is 83.0. The minimum absolute atomic E-state index is 0. The van der Waals surface area contributed by atoms with E-state index in [1.165, 1.54) is 79.8 Å². The third kappa shape index (κ3) is 57.8. The zero-order valence-corrected chi connectivity index (χ0v) is 55.8. The molecule has 2 aliphatic rings. The van der Waals surface area contributed by atoms with Crippen LogP contribution in [0.15, 0.2) is 118 Å². The largest absolute Gasteiger partial charge is 0.480 e. The van der Waals surface area contributed by atoms with Gasteiger partial charge < -0.3 is 68.7 Å². The monoisotopic (exact) mass is 1470 g/mol. The number of aryl methyl sites for hydroxylation is 3. The van der Waals surface area contributed by atoms with Gasteiger partial charge in [-0.05, 0) is 62.7 Å². The van der Waals surface area contributed by atoms with Crippen LogP contribution in [0.3, 0.4) is 0 Å². The minimum Gasteiger partial charge on any atom is -0.480 e. The number of carbonyl (C=O) groups excluding carboxylic acids is 2. The van der Waals surface area contributed by atoms with Gasteiger partial charge >= 0.3 is 23.9 Å². The Kier molecular flexibility index (Phi) is 42.3. The van der Waals surface area contributed by atoms with E-state index in [1.54, 1.807) is 26.0 Å². The van der Waals surface area contributed by atoms with E-state index in [0.717, 1.165) is 29.4 Å². The average molecular weight is 1480 g/mol. The number of morpholine rings is 2. The number of methoxy groups -OCH3 is 2. The van der Waals surface area contributed by atoms with Gasteiger partial charge in [0, 0.05) is 82.7 Å². The van der Waals surface area contributed by atoms with E-state index in [2.05, 4.69) is 63.5 Å². The van der Waals surface area contributed by atoms with Crippen LogP contribution in [0.4, 0.5) is 0 Å². The highest BCUT2D eigenvalue weighted by atomic mass is 36.0. The predicted molar refractivity (Wildman–Crippen MR) is 341 cm³/mol. The average Bonchev–Trinajstić information content (AvgIpc) is 0.790. The molecule has 91 heavy (non-hydrogen) atoms. The molecule has 0 radical (unpaired) electrons. The Bertz CT molecular complexity index is 3450. The number of rotatable bonds is 25. The fourth-order valence-electron chi connectivity index (χ4n) is 4.77. The van der Waals surface area contributed by atoms with E-state index >= 15 is 0 Å². The molecule has 0 amide bonds. The molecule has 0 atom stereocenters. The van der Waals surface area contributed by atoms with Gasteiger partial charge in [0.2, 0.25) is 9.23 Å². The van der Waals surface area contributed by atoms with Crippen molar-refractivity contribution < 1.29 is 142 Å². The summed E-state index contributed by atoms with van der Waals surface area (Å²) in [5.41, 5.74) is 3.50. The third-order valence-electron chi connectivity index (χ3n) is 8.68. The van der Waals surface area contributed by atoms with E-state index in [4.69, 9.17) is 71.8 Å². The zero-order valence-electron chi connectivity index (χ0n) is 65.4. The van der Waals surface area contributed by atoms with Gasteiger partial charge in [0.05, 0.1) is 119 Å². The lowest BCUT2D eigenvalue weighted by Crippen LogP contribution is -2.35. The summed E-state index contributed by atoms with van der Waals surface area (Å²) in [6.07, 6.45) is 0. The van der Waals surface area contributed by atoms with Crippen LogP contribution in [0.1, 0.15) is 44.2 Å². The Morgan fingerprint density at radius 2 is 0.923 bits per heavy atom. The van der Waals surface area contributed by atoms with Crippen molar-refractivity contribution in [3.05, 3.63) is 125 Å². The van der Waals surface area contributed by atoms with Gasteiger partial charge in [-0.3, -0.25) is 13.3 Å². The molecule has 522 valence electrons. The van der Waals surface area contributed by atoms with Gasteiger partial charge in [-0.15, -0.1) is 12.4 Å². The number of nitrogens with one attached hydrogen (secondary N) is 1. The molecule has 2 fully saturated rings. The molecule has 36 heteroatoms. The second-order valence-electron chi connectivity index (χ2n) is 15.5. The second kappa shape index (κ2) is 59.2. The number of nitrogens with zero attached hydrogens (tertiary/aromatic N) is 1. The summed E-state index contributed by atoms with van der Waals surface area (Å²) in [5, 5.41) is 41.8. The first-order valence-electron chi connectivity index (χ1n) is 32.6. The maximum Gasteiger partial charge on any atom is 0.331 e. The van der Waals surface area contributed by atoms with Crippen molar-refractivity contribution in [1.29, 1.82) is 0 Å². The van der Waals surface area contributed by atoms with Crippen molar-refractivity contribution >= 4 is 107 Å². The summed E-state index contributed by atoms with van der Waals surface area (Å²) in [6, 6.07) is 26.8. The molecule has 28 nitrogen and oxygen atoms in total. The number of esters is 2. The van der Waals surface area contributed by atoms with Gasteiger partial charge in [-0.2, -0.15) is 16.8 Å². The summed E-state index contributed by atoms with van der Waals surface area (Å²) in [6.45, 7) is -17.3. The fraction of sp³-hybridized carbons (Fsp3) is 0.491. The minimum atomic E-state index is -4.44. The van der Waals surface area contributed by atoms with Gasteiger partial charge in [0.25, 0.3) is 29.3 Å². The summed E-state index contributed by atoms with van der Waals surface area (Å²) < 4.78 is 241. The van der Waals surface area contributed by atoms with E-state index in [0.29, 0.717) is 0 Å². The number of carbonyl (C=O) groups is 4.